The molecule has 1 rings (SSSR count). The van der Waals surface area contributed by atoms with Crippen LogP contribution < -0.4 is 5.73 Å². The highest BCUT2D eigenvalue weighted by molar-refractivity contribution is 5.39. The van der Waals surface area contributed by atoms with E-state index in [-0.39, 0.29) is 18.3 Å². The number of hydrogen-bond donors (Lipinski definition) is 2. The lowest BCUT2D eigenvalue weighted by Crippen LogP contribution is -2.27. The van der Waals surface area contributed by atoms with Crippen molar-refractivity contribution in [3.63, 3.8) is 0 Å². The first-order valence-corrected chi connectivity index (χ1v) is 4.65. The monoisotopic (exact) mass is 210 g/mol. The summed E-state index contributed by atoms with van der Waals surface area (Å²) in [6, 6.07) is 4.29. The number of benzene rings is 1. The third kappa shape index (κ3) is 3.00. The quantitative estimate of drug-likeness (QED) is 0.567. The highest BCUT2D eigenvalue weighted by Gasteiger charge is 2.10. The summed E-state index contributed by atoms with van der Waals surface area (Å²) >= 11 is 0. The van der Waals surface area contributed by atoms with Crippen LogP contribution in [0.2, 0.25) is 0 Å². The van der Waals surface area contributed by atoms with Gasteiger partial charge in [0.2, 0.25) is 0 Å². The molecule has 0 heterocycles. The molecule has 1 unspecified atom stereocenters. The van der Waals surface area contributed by atoms with Crippen molar-refractivity contribution in [1.29, 1.82) is 0 Å². The molecule has 0 aromatic heterocycles. The Kier molecular flexibility index (Phi) is 3.76. The third-order valence-corrected chi connectivity index (χ3v) is 2.26. The Morgan fingerprint density at radius 2 is 2.27 bits per heavy atom. The molecule has 0 aliphatic rings. The van der Waals surface area contributed by atoms with Crippen LogP contribution in [0.25, 0.3) is 0 Å². The molecule has 0 radical (unpaired) electrons. The summed E-state index contributed by atoms with van der Waals surface area (Å²) in [6.07, 6.45) is 0.448. The van der Waals surface area contributed by atoms with Crippen molar-refractivity contribution < 1.29 is 10.0 Å². The molecule has 0 saturated carbocycles. The van der Waals surface area contributed by atoms with Crippen LogP contribution in [-0.2, 0) is 6.42 Å². The number of hydrogen-bond acceptors (Lipinski definition) is 4. The summed E-state index contributed by atoms with van der Waals surface area (Å²) < 4.78 is 0. The lowest BCUT2D eigenvalue weighted by atomic mass is 10.0. The maximum atomic E-state index is 10.5. The van der Waals surface area contributed by atoms with Crippen molar-refractivity contribution in [2.75, 3.05) is 6.61 Å². The predicted octanol–water partition coefficient (Wildman–Crippen LogP) is 0.765. The lowest BCUT2D eigenvalue weighted by Gasteiger charge is -2.10. The van der Waals surface area contributed by atoms with Gasteiger partial charge in [-0.1, -0.05) is 6.07 Å². The van der Waals surface area contributed by atoms with Crippen LogP contribution in [0.1, 0.15) is 11.1 Å². The van der Waals surface area contributed by atoms with E-state index in [0.29, 0.717) is 6.42 Å². The van der Waals surface area contributed by atoms with Crippen molar-refractivity contribution in [3.8, 4) is 0 Å². The van der Waals surface area contributed by atoms with Crippen LogP contribution in [0.5, 0.6) is 0 Å². The fourth-order valence-electron chi connectivity index (χ4n) is 1.34. The minimum absolute atomic E-state index is 0.0562. The molecule has 0 spiro atoms. The smallest absolute Gasteiger partial charge is 0.269 e. The maximum absolute atomic E-state index is 10.5. The molecular formula is C10H14N2O3. The maximum Gasteiger partial charge on any atom is 0.269 e. The van der Waals surface area contributed by atoms with E-state index in [1.165, 1.54) is 12.1 Å². The number of aliphatic hydroxyl groups is 1. The van der Waals surface area contributed by atoms with Crippen molar-refractivity contribution in [1.82, 2.24) is 0 Å². The van der Waals surface area contributed by atoms with Gasteiger partial charge >= 0.3 is 0 Å². The number of aliphatic hydroxyl groups excluding tert-OH is 1. The van der Waals surface area contributed by atoms with Crippen molar-refractivity contribution >= 4 is 5.69 Å². The highest BCUT2D eigenvalue weighted by atomic mass is 16.6. The average molecular weight is 210 g/mol. The molecule has 0 saturated heterocycles. The molecule has 0 aliphatic carbocycles. The molecule has 0 amide bonds. The first-order chi connectivity index (χ1) is 7.04. The second-order valence-corrected chi connectivity index (χ2v) is 3.51. The van der Waals surface area contributed by atoms with Crippen LogP contribution in [0.4, 0.5) is 5.69 Å². The van der Waals surface area contributed by atoms with Gasteiger partial charge in [0.15, 0.2) is 0 Å². The Morgan fingerprint density at radius 1 is 1.60 bits per heavy atom. The summed E-state index contributed by atoms with van der Waals surface area (Å²) in [7, 11) is 0. The summed E-state index contributed by atoms with van der Waals surface area (Å²) in [5, 5.41) is 19.4. The zero-order valence-electron chi connectivity index (χ0n) is 8.51. The Bertz CT molecular complexity index is 366. The van der Waals surface area contributed by atoms with E-state index < -0.39 is 4.92 Å². The number of nitrogens with two attached hydrogens (primary N) is 1. The number of nitrogens with zero attached hydrogens (tertiary/aromatic N) is 1. The van der Waals surface area contributed by atoms with Crippen molar-refractivity contribution in [2.24, 2.45) is 5.73 Å². The van der Waals surface area contributed by atoms with E-state index >= 15 is 0 Å². The number of aryl methyl sites for hydroxylation is 1. The molecule has 5 nitrogen and oxygen atoms in total. The normalized spacial score (nSPS) is 12.5. The second-order valence-electron chi connectivity index (χ2n) is 3.51. The molecule has 0 aliphatic heterocycles. The molecular weight excluding hydrogens is 196 g/mol. The number of non-ortho nitro benzene ring substituents is 1. The van der Waals surface area contributed by atoms with Gasteiger partial charge in [0, 0.05) is 18.2 Å². The van der Waals surface area contributed by atoms with Gasteiger partial charge in [0.05, 0.1) is 11.5 Å². The Hall–Kier alpha value is -1.46. The topological polar surface area (TPSA) is 89.4 Å². The average Bonchev–Trinajstić information content (AvgIpc) is 2.20. The van der Waals surface area contributed by atoms with Gasteiger partial charge in [-0.2, -0.15) is 0 Å². The molecule has 1 aromatic rings. The molecule has 0 bridgehead atoms. The zero-order valence-corrected chi connectivity index (χ0v) is 8.51. The van der Waals surface area contributed by atoms with Gasteiger partial charge in [-0.15, -0.1) is 0 Å². The summed E-state index contributed by atoms with van der Waals surface area (Å²) in [4.78, 5) is 10.1. The van der Waals surface area contributed by atoms with Crippen LogP contribution >= 0.6 is 0 Å². The van der Waals surface area contributed by atoms with E-state index in [4.69, 9.17) is 10.8 Å². The summed E-state index contributed by atoms with van der Waals surface area (Å²) in [6.45, 7) is 1.74. The molecule has 1 atom stereocenters. The van der Waals surface area contributed by atoms with Gasteiger partial charge < -0.3 is 10.8 Å². The summed E-state index contributed by atoms with van der Waals surface area (Å²) in [5.74, 6) is 0. The van der Waals surface area contributed by atoms with Crippen molar-refractivity contribution in [3.05, 3.63) is 39.4 Å². The Balaban J connectivity index is 2.95. The van der Waals surface area contributed by atoms with Gasteiger partial charge in [0.25, 0.3) is 5.69 Å². The Morgan fingerprint density at radius 3 is 2.80 bits per heavy atom. The minimum Gasteiger partial charge on any atom is -0.395 e. The molecule has 5 heteroatoms. The van der Waals surface area contributed by atoms with E-state index in [2.05, 4.69) is 0 Å². The number of rotatable bonds is 4. The lowest BCUT2D eigenvalue weighted by molar-refractivity contribution is -0.384. The largest absolute Gasteiger partial charge is 0.395 e. The first-order valence-electron chi connectivity index (χ1n) is 4.65. The van der Waals surface area contributed by atoms with Gasteiger partial charge in [-0.25, -0.2) is 0 Å². The van der Waals surface area contributed by atoms with Crippen LogP contribution in [-0.4, -0.2) is 22.7 Å². The molecule has 3 N–H and O–H groups in total. The summed E-state index contributed by atoms with van der Waals surface area (Å²) in [5.41, 5.74) is 7.40. The standard InChI is InChI=1S/C10H14N2O3/c1-7-2-3-10(12(14)15)5-8(7)4-9(11)6-13/h2-3,5,9,13H,4,6,11H2,1H3. The number of nitro benzene ring substituents is 1. The minimum atomic E-state index is -0.437. The molecule has 1 aromatic carbocycles. The van der Waals surface area contributed by atoms with Crippen LogP contribution in [0, 0.1) is 17.0 Å². The fourth-order valence-corrected chi connectivity index (χ4v) is 1.34. The van der Waals surface area contributed by atoms with Gasteiger partial charge in [0.1, 0.15) is 0 Å². The third-order valence-electron chi connectivity index (χ3n) is 2.26. The van der Waals surface area contributed by atoms with Gasteiger partial charge in [-0.05, 0) is 24.5 Å². The molecule has 0 fully saturated rings. The van der Waals surface area contributed by atoms with E-state index in [1.54, 1.807) is 6.07 Å². The molecule has 15 heavy (non-hydrogen) atoms. The van der Waals surface area contributed by atoms with E-state index in [0.717, 1.165) is 11.1 Å². The van der Waals surface area contributed by atoms with Gasteiger partial charge in [-0.3, -0.25) is 10.1 Å². The number of nitro groups is 1. The SMILES string of the molecule is Cc1ccc([N+](=O)[O-])cc1CC(N)CO. The first kappa shape index (κ1) is 11.6. The second kappa shape index (κ2) is 4.86. The van der Waals surface area contributed by atoms with E-state index in [9.17, 15) is 10.1 Å². The van der Waals surface area contributed by atoms with Crippen LogP contribution in [0.15, 0.2) is 18.2 Å². The van der Waals surface area contributed by atoms with Crippen LogP contribution in [0.3, 0.4) is 0 Å². The van der Waals surface area contributed by atoms with E-state index in [1.807, 2.05) is 6.92 Å². The predicted molar refractivity (Wildman–Crippen MR) is 56.6 cm³/mol. The molecule has 82 valence electrons. The zero-order chi connectivity index (χ0) is 11.4. The Labute approximate surface area is 87.7 Å². The van der Waals surface area contributed by atoms with Crippen molar-refractivity contribution in [2.45, 2.75) is 19.4 Å². The fraction of sp³-hybridized carbons (Fsp3) is 0.400. The highest BCUT2D eigenvalue weighted by Crippen LogP contribution is 2.18.